The molecular formula is C21H22N4O2. The Morgan fingerprint density at radius 1 is 1.22 bits per heavy atom. The Morgan fingerprint density at radius 3 is 2.67 bits per heavy atom. The van der Waals surface area contributed by atoms with Crippen LogP contribution in [-0.4, -0.2) is 32.8 Å². The Bertz CT molecular complexity index is 998. The average molecular weight is 362 g/mol. The predicted octanol–water partition coefficient (Wildman–Crippen LogP) is 3.36. The van der Waals surface area contributed by atoms with E-state index >= 15 is 0 Å². The summed E-state index contributed by atoms with van der Waals surface area (Å²) in [6.45, 7) is 3.96. The molecule has 3 aromatic rings. The number of aromatic nitrogens is 3. The van der Waals surface area contributed by atoms with Gasteiger partial charge in [-0.05, 0) is 31.0 Å². The first-order valence-electron chi connectivity index (χ1n) is 8.84. The van der Waals surface area contributed by atoms with Crippen LogP contribution in [0, 0.1) is 6.92 Å². The number of carbonyl (C=O) groups excluding carboxylic acids is 1. The molecular weight excluding hydrogens is 340 g/mol. The van der Waals surface area contributed by atoms with Gasteiger partial charge in [0.05, 0.1) is 6.04 Å². The Labute approximate surface area is 157 Å². The number of amides is 1. The van der Waals surface area contributed by atoms with Gasteiger partial charge >= 0.3 is 0 Å². The minimum Gasteiger partial charge on any atom is -0.334 e. The van der Waals surface area contributed by atoms with Crippen LogP contribution in [0.25, 0.3) is 11.4 Å². The lowest BCUT2D eigenvalue weighted by atomic mass is 10.0. The van der Waals surface area contributed by atoms with Crippen molar-refractivity contribution >= 4 is 5.91 Å². The first kappa shape index (κ1) is 18.5. The zero-order chi connectivity index (χ0) is 19.4. The molecule has 2 heterocycles. The molecule has 2 aromatic heterocycles. The van der Waals surface area contributed by atoms with Crippen LogP contribution in [-0.2, 0) is 0 Å². The number of H-pyrrole nitrogens is 1. The summed E-state index contributed by atoms with van der Waals surface area (Å²) in [5.41, 5.74) is 2.38. The van der Waals surface area contributed by atoms with Crippen molar-refractivity contribution in [3.05, 3.63) is 82.0 Å². The third-order valence-electron chi connectivity index (χ3n) is 4.56. The maximum absolute atomic E-state index is 12.9. The maximum Gasteiger partial charge on any atom is 0.264 e. The van der Waals surface area contributed by atoms with E-state index < -0.39 is 5.56 Å². The van der Waals surface area contributed by atoms with E-state index in [4.69, 9.17) is 0 Å². The van der Waals surface area contributed by atoms with E-state index in [2.05, 4.69) is 15.0 Å². The number of aromatic amines is 1. The van der Waals surface area contributed by atoms with Gasteiger partial charge < -0.3 is 9.88 Å². The number of pyridine rings is 1. The largest absolute Gasteiger partial charge is 0.334 e. The van der Waals surface area contributed by atoms with Crippen molar-refractivity contribution in [3.8, 4) is 11.4 Å². The number of rotatable bonds is 5. The molecule has 0 bridgehead atoms. The smallest absolute Gasteiger partial charge is 0.264 e. The predicted molar refractivity (Wildman–Crippen MR) is 104 cm³/mol. The second kappa shape index (κ2) is 7.95. The highest BCUT2D eigenvalue weighted by molar-refractivity contribution is 5.93. The Balaban J connectivity index is 1.89. The van der Waals surface area contributed by atoms with Gasteiger partial charge in [0.15, 0.2) is 0 Å². The molecule has 0 saturated carbocycles. The van der Waals surface area contributed by atoms with Crippen molar-refractivity contribution in [2.45, 2.75) is 26.3 Å². The van der Waals surface area contributed by atoms with Crippen LogP contribution in [0.4, 0.5) is 0 Å². The number of hydrogen-bond acceptors (Lipinski definition) is 4. The Morgan fingerprint density at radius 2 is 2.04 bits per heavy atom. The van der Waals surface area contributed by atoms with Gasteiger partial charge in [0.2, 0.25) is 0 Å². The lowest BCUT2D eigenvalue weighted by Gasteiger charge is -2.27. The van der Waals surface area contributed by atoms with Gasteiger partial charge in [-0.25, -0.2) is 4.98 Å². The highest BCUT2D eigenvalue weighted by Crippen LogP contribution is 2.23. The van der Waals surface area contributed by atoms with Crippen LogP contribution in [0.3, 0.4) is 0 Å². The molecule has 3 rings (SSSR count). The second-order valence-electron chi connectivity index (χ2n) is 6.47. The van der Waals surface area contributed by atoms with E-state index in [9.17, 15) is 9.59 Å². The summed E-state index contributed by atoms with van der Waals surface area (Å²) in [6, 6.07) is 11.3. The van der Waals surface area contributed by atoms with Crippen LogP contribution in [0.15, 0.2) is 59.8 Å². The van der Waals surface area contributed by atoms with Crippen molar-refractivity contribution in [3.63, 3.8) is 0 Å². The fourth-order valence-electron chi connectivity index (χ4n) is 3.12. The molecule has 0 fully saturated rings. The van der Waals surface area contributed by atoms with E-state index in [1.165, 1.54) is 6.20 Å². The molecule has 0 saturated heterocycles. The molecule has 0 aliphatic rings. The van der Waals surface area contributed by atoms with Crippen molar-refractivity contribution in [1.82, 2.24) is 19.9 Å². The number of nitrogens with zero attached hydrogens (tertiary/aromatic N) is 3. The molecule has 1 N–H and O–H groups in total. The summed E-state index contributed by atoms with van der Waals surface area (Å²) >= 11 is 0. The molecule has 0 radical (unpaired) electrons. The van der Waals surface area contributed by atoms with E-state index in [0.29, 0.717) is 12.2 Å². The summed E-state index contributed by atoms with van der Waals surface area (Å²) in [5.74, 6) is 0.0810. The molecule has 1 atom stereocenters. The van der Waals surface area contributed by atoms with Crippen molar-refractivity contribution in [1.29, 1.82) is 0 Å². The van der Waals surface area contributed by atoms with Crippen LogP contribution in [0.2, 0.25) is 0 Å². The molecule has 6 heteroatoms. The first-order chi connectivity index (χ1) is 13.0. The fraction of sp³-hybridized carbons (Fsp3) is 0.238. The SMILES string of the molecule is CCC(c1cccnc1)N(C)C(=O)c1cnc(-c2cccc(C)c2)[nH]c1=O. The van der Waals surface area contributed by atoms with E-state index in [1.807, 2.05) is 50.2 Å². The maximum atomic E-state index is 12.9. The third-order valence-corrected chi connectivity index (χ3v) is 4.56. The highest BCUT2D eigenvalue weighted by Gasteiger charge is 2.24. The number of benzene rings is 1. The molecule has 1 amide bonds. The van der Waals surface area contributed by atoms with Gasteiger partial charge in [0, 0.05) is 31.2 Å². The molecule has 6 nitrogen and oxygen atoms in total. The molecule has 0 aliphatic heterocycles. The fourth-order valence-corrected chi connectivity index (χ4v) is 3.12. The molecule has 0 aliphatic carbocycles. The Hall–Kier alpha value is -3.28. The highest BCUT2D eigenvalue weighted by atomic mass is 16.2. The molecule has 1 aromatic carbocycles. The van der Waals surface area contributed by atoms with Gasteiger partial charge in [-0.2, -0.15) is 0 Å². The summed E-state index contributed by atoms with van der Waals surface area (Å²) < 4.78 is 0. The first-order valence-corrected chi connectivity index (χ1v) is 8.84. The zero-order valence-corrected chi connectivity index (χ0v) is 15.6. The van der Waals surface area contributed by atoms with Crippen LogP contribution in [0.1, 0.15) is 40.9 Å². The summed E-state index contributed by atoms with van der Waals surface area (Å²) in [7, 11) is 1.69. The second-order valence-corrected chi connectivity index (χ2v) is 6.47. The minimum absolute atomic E-state index is 0.0243. The lowest BCUT2D eigenvalue weighted by molar-refractivity contribution is 0.0723. The molecule has 1 unspecified atom stereocenters. The zero-order valence-electron chi connectivity index (χ0n) is 15.6. The van der Waals surface area contributed by atoms with Gasteiger partial charge in [-0.3, -0.25) is 14.6 Å². The van der Waals surface area contributed by atoms with Crippen molar-refractivity contribution in [2.24, 2.45) is 0 Å². The summed E-state index contributed by atoms with van der Waals surface area (Å²) in [6.07, 6.45) is 5.49. The number of nitrogens with one attached hydrogen (secondary N) is 1. The third kappa shape index (κ3) is 3.95. The topological polar surface area (TPSA) is 79.0 Å². The Kier molecular flexibility index (Phi) is 5.45. The van der Waals surface area contributed by atoms with Gasteiger partial charge in [-0.1, -0.05) is 36.8 Å². The minimum atomic E-state index is -0.445. The summed E-state index contributed by atoms with van der Waals surface area (Å²) in [5, 5.41) is 0. The van der Waals surface area contributed by atoms with E-state index in [-0.39, 0.29) is 17.5 Å². The van der Waals surface area contributed by atoms with Gasteiger partial charge in [-0.15, -0.1) is 0 Å². The number of hydrogen-bond donors (Lipinski definition) is 1. The monoisotopic (exact) mass is 362 g/mol. The molecule has 0 spiro atoms. The van der Waals surface area contributed by atoms with Crippen molar-refractivity contribution in [2.75, 3.05) is 7.05 Å². The normalized spacial score (nSPS) is 11.8. The van der Waals surface area contributed by atoms with Gasteiger partial charge in [0.25, 0.3) is 11.5 Å². The number of carbonyl (C=O) groups is 1. The van der Waals surface area contributed by atoms with Crippen LogP contribution < -0.4 is 5.56 Å². The van der Waals surface area contributed by atoms with Gasteiger partial charge in [0.1, 0.15) is 11.4 Å². The standard InChI is InChI=1S/C21H22N4O2/c1-4-18(16-9-6-10-22-12-16)25(3)21(27)17-13-23-19(24-20(17)26)15-8-5-7-14(2)11-15/h5-13,18H,4H2,1-3H3,(H,23,24,26). The quantitative estimate of drug-likeness (QED) is 0.755. The van der Waals surface area contributed by atoms with Crippen LogP contribution in [0.5, 0.6) is 0 Å². The number of aryl methyl sites for hydroxylation is 1. The summed E-state index contributed by atoms with van der Waals surface area (Å²) in [4.78, 5) is 38.1. The molecule has 27 heavy (non-hydrogen) atoms. The average Bonchev–Trinajstić information content (AvgIpc) is 2.68. The van der Waals surface area contributed by atoms with Crippen LogP contribution >= 0.6 is 0 Å². The molecule has 138 valence electrons. The lowest BCUT2D eigenvalue weighted by Crippen LogP contribution is -2.35. The van der Waals surface area contributed by atoms with Crippen molar-refractivity contribution < 1.29 is 4.79 Å². The van der Waals surface area contributed by atoms with E-state index in [0.717, 1.165) is 16.7 Å². The van der Waals surface area contributed by atoms with E-state index in [1.54, 1.807) is 24.3 Å².